The normalized spacial score (nSPS) is 16.3. The molecule has 1 saturated heterocycles. The van der Waals surface area contributed by atoms with Crippen LogP contribution in [-0.4, -0.2) is 52.0 Å². The first-order valence-corrected chi connectivity index (χ1v) is 10.3. The first kappa shape index (κ1) is 19.6. The standard InChI is InChI=1S/C17H20N4O4S2/c1-10(22)19-13-7-11(4-5-14(13)23)15(24)9-26-17-21-20-16(27-17)18-8-12-3-2-6-25-12/h4-5,7,12,23H,2-3,6,8-9H2,1H3,(H,18,20)(H,19,22)/t12-/m0/s1. The van der Waals surface area contributed by atoms with Crippen LogP contribution >= 0.6 is 23.1 Å². The van der Waals surface area contributed by atoms with Crippen molar-refractivity contribution in [2.45, 2.75) is 30.2 Å². The summed E-state index contributed by atoms with van der Waals surface area (Å²) in [7, 11) is 0. The molecule has 1 atom stereocenters. The highest BCUT2D eigenvalue weighted by molar-refractivity contribution is 8.01. The number of phenolic OH excluding ortho intramolecular Hbond substituents is 1. The van der Waals surface area contributed by atoms with Gasteiger partial charge < -0.3 is 20.5 Å². The highest BCUT2D eigenvalue weighted by Gasteiger charge is 2.16. The van der Waals surface area contributed by atoms with E-state index in [0.29, 0.717) is 21.6 Å². The molecular weight excluding hydrogens is 388 g/mol. The Kier molecular flexibility index (Phi) is 6.64. The van der Waals surface area contributed by atoms with Crippen LogP contribution in [0.1, 0.15) is 30.1 Å². The number of benzene rings is 1. The number of hydrogen-bond acceptors (Lipinski definition) is 9. The van der Waals surface area contributed by atoms with E-state index in [9.17, 15) is 14.7 Å². The Labute approximate surface area is 164 Å². The van der Waals surface area contributed by atoms with Gasteiger partial charge in [0.15, 0.2) is 10.1 Å². The van der Waals surface area contributed by atoms with Gasteiger partial charge in [-0.05, 0) is 31.0 Å². The molecule has 0 aliphatic carbocycles. The molecule has 0 saturated carbocycles. The number of aromatic nitrogens is 2. The molecular formula is C17H20N4O4S2. The number of nitrogens with one attached hydrogen (secondary N) is 2. The number of carbonyl (C=O) groups is 2. The molecule has 1 aromatic carbocycles. The Hall–Kier alpha value is -2.17. The van der Waals surface area contributed by atoms with E-state index in [2.05, 4.69) is 20.8 Å². The Morgan fingerprint density at radius 3 is 3.00 bits per heavy atom. The number of carbonyl (C=O) groups excluding carboxylic acids is 2. The van der Waals surface area contributed by atoms with Gasteiger partial charge in [0.1, 0.15) is 5.75 Å². The number of aromatic hydroxyl groups is 1. The van der Waals surface area contributed by atoms with Gasteiger partial charge in [0.05, 0.1) is 17.5 Å². The molecule has 0 radical (unpaired) electrons. The van der Waals surface area contributed by atoms with Gasteiger partial charge in [0.25, 0.3) is 0 Å². The van der Waals surface area contributed by atoms with E-state index in [1.54, 1.807) is 0 Å². The summed E-state index contributed by atoms with van der Waals surface area (Å²) in [5.41, 5.74) is 0.625. The lowest BCUT2D eigenvalue weighted by molar-refractivity contribution is -0.114. The van der Waals surface area contributed by atoms with Crippen LogP contribution in [0.25, 0.3) is 0 Å². The van der Waals surface area contributed by atoms with Crippen LogP contribution in [0.5, 0.6) is 5.75 Å². The zero-order chi connectivity index (χ0) is 19.2. The van der Waals surface area contributed by atoms with Gasteiger partial charge in [-0.3, -0.25) is 9.59 Å². The zero-order valence-electron chi connectivity index (χ0n) is 14.7. The van der Waals surface area contributed by atoms with Gasteiger partial charge in [0, 0.05) is 25.6 Å². The zero-order valence-corrected chi connectivity index (χ0v) is 16.4. The summed E-state index contributed by atoms with van der Waals surface area (Å²) in [6.45, 7) is 2.86. The number of rotatable bonds is 8. The molecule has 3 rings (SSSR count). The lowest BCUT2D eigenvalue weighted by Gasteiger charge is -2.08. The Balaban J connectivity index is 1.52. The van der Waals surface area contributed by atoms with E-state index in [0.717, 1.165) is 19.4 Å². The minimum atomic E-state index is -0.318. The second-order valence-electron chi connectivity index (χ2n) is 6.01. The molecule has 2 aromatic rings. The summed E-state index contributed by atoms with van der Waals surface area (Å²) in [5.74, 6) is -0.345. The van der Waals surface area contributed by atoms with E-state index >= 15 is 0 Å². The largest absolute Gasteiger partial charge is 0.506 e. The lowest BCUT2D eigenvalue weighted by atomic mass is 10.1. The fourth-order valence-corrected chi connectivity index (χ4v) is 4.21. The average Bonchev–Trinajstić information content (AvgIpc) is 3.31. The number of nitrogens with zero attached hydrogens (tertiary/aromatic N) is 2. The van der Waals surface area contributed by atoms with Gasteiger partial charge in [0.2, 0.25) is 11.0 Å². The van der Waals surface area contributed by atoms with Gasteiger partial charge >= 0.3 is 0 Å². The van der Waals surface area contributed by atoms with Crippen LogP contribution in [0.15, 0.2) is 22.5 Å². The summed E-state index contributed by atoms with van der Waals surface area (Å²) in [6.07, 6.45) is 2.36. The SMILES string of the molecule is CC(=O)Nc1cc(C(=O)CSc2nnc(NC[C@@H]3CCCO3)s2)ccc1O. The van der Waals surface area contributed by atoms with E-state index in [1.165, 1.54) is 48.2 Å². The maximum atomic E-state index is 12.4. The molecule has 1 aliphatic rings. The van der Waals surface area contributed by atoms with Crippen molar-refractivity contribution in [2.24, 2.45) is 0 Å². The fourth-order valence-electron chi connectivity index (χ4n) is 2.56. The highest BCUT2D eigenvalue weighted by Crippen LogP contribution is 2.28. The molecule has 0 spiro atoms. The molecule has 1 aliphatic heterocycles. The van der Waals surface area contributed by atoms with E-state index in [1.807, 2.05) is 0 Å². The predicted molar refractivity (Wildman–Crippen MR) is 105 cm³/mol. The van der Waals surface area contributed by atoms with Crippen LogP contribution in [0.2, 0.25) is 0 Å². The maximum Gasteiger partial charge on any atom is 0.221 e. The Morgan fingerprint density at radius 1 is 1.41 bits per heavy atom. The van der Waals surface area contributed by atoms with Crippen LogP contribution < -0.4 is 10.6 Å². The summed E-state index contributed by atoms with van der Waals surface area (Å²) in [4.78, 5) is 23.5. The van der Waals surface area contributed by atoms with Gasteiger partial charge in [-0.15, -0.1) is 10.2 Å². The number of hydrogen-bond donors (Lipinski definition) is 3. The molecule has 0 bridgehead atoms. The van der Waals surface area contributed by atoms with Crippen molar-refractivity contribution in [2.75, 3.05) is 29.5 Å². The van der Waals surface area contributed by atoms with Crippen molar-refractivity contribution in [1.82, 2.24) is 10.2 Å². The van der Waals surface area contributed by atoms with Crippen molar-refractivity contribution in [3.05, 3.63) is 23.8 Å². The van der Waals surface area contributed by atoms with Crippen LogP contribution in [0, 0.1) is 0 Å². The second kappa shape index (κ2) is 9.16. The molecule has 144 valence electrons. The third-order valence-electron chi connectivity index (χ3n) is 3.87. The molecule has 2 heterocycles. The lowest BCUT2D eigenvalue weighted by Crippen LogP contribution is -2.18. The van der Waals surface area contributed by atoms with Crippen molar-refractivity contribution in [3.8, 4) is 5.75 Å². The number of amides is 1. The van der Waals surface area contributed by atoms with Crippen molar-refractivity contribution in [3.63, 3.8) is 0 Å². The van der Waals surface area contributed by atoms with Gasteiger partial charge in [-0.1, -0.05) is 23.1 Å². The number of ketones is 1. The topological polar surface area (TPSA) is 113 Å². The molecule has 8 nitrogen and oxygen atoms in total. The van der Waals surface area contributed by atoms with Crippen molar-refractivity contribution >= 4 is 45.6 Å². The second-order valence-corrected chi connectivity index (χ2v) is 8.21. The van der Waals surface area contributed by atoms with E-state index < -0.39 is 0 Å². The molecule has 1 fully saturated rings. The molecule has 1 amide bonds. The first-order chi connectivity index (χ1) is 13.0. The average molecular weight is 409 g/mol. The monoisotopic (exact) mass is 408 g/mol. The maximum absolute atomic E-state index is 12.4. The van der Waals surface area contributed by atoms with Crippen LogP contribution in [0.4, 0.5) is 10.8 Å². The first-order valence-electron chi connectivity index (χ1n) is 8.47. The Morgan fingerprint density at radius 2 is 2.26 bits per heavy atom. The van der Waals surface area contributed by atoms with Crippen molar-refractivity contribution < 1.29 is 19.4 Å². The quantitative estimate of drug-likeness (QED) is 0.347. The molecule has 1 aromatic heterocycles. The Bertz CT molecular complexity index is 821. The third-order valence-corrected chi connectivity index (χ3v) is 5.88. The summed E-state index contributed by atoms with van der Waals surface area (Å²) < 4.78 is 6.25. The highest BCUT2D eigenvalue weighted by atomic mass is 32.2. The van der Waals surface area contributed by atoms with E-state index in [4.69, 9.17) is 4.74 Å². The molecule has 27 heavy (non-hydrogen) atoms. The number of phenols is 1. The van der Waals surface area contributed by atoms with Crippen molar-refractivity contribution in [1.29, 1.82) is 0 Å². The molecule has 0 unspecified atom stereocenters. The number of anilines is 2. The fraction of sp³-hybridized carbons (Fsp3) is 0.412. The van der Waals surface area contributed by atoms with Gasteiger partial charge in [-0.2, -0.15) is 0 Å². The minimum absolute atomic E-state index is 0.0829. The van der Waals surface area contributed by atoms with Gasteiger partial charge in [-0.25, -0.2) is 0 Å². The number of Topliss-reactive ketones (excluding diaryl/α,β-unsaturated/α-hetero) is 1. The smallest absolute Gasteiger partial charge is 0.221 e. The summed E-state index contributed by atoms with van der Waals surface area (Å²) in [6, 6.07) is 4.38. The third kappa shape index (κ3) is 5.65. The van der Waals surface area contributed by atoms with Crippen LogP contribution in [-0.2, 0) is 9.53 Å². The summed E-state index contributed by atoms with van der Waals surface area (Å²) in [5, 5.41) is 24.3. The number of thioether (sulfide) groups is 1. The minimum Gasteiger partial charge on any atom is -0.506 e. The number of ether oxygens (including phenoxy) is 1. The molecule has 10 heteroatoms. The molecule has 3 N–H and O–H groups in total. The van der Waals surface area contributed by atoms with Crippen LogP contribution in [0.3, 0.4) is 0 Å². The van der Waals surface area contributed by atoms with E-state index in [-0.39, 0.29) is 35.0 Å². The summed E-state index contributed by atoms with van der Waals surface area (Å²) >= 11 is 2.69. The predicted octanol–water partition coefficient (Wildman–Crippen LogP) is 2.77.